The Morgan fingerprint density at radius 3 is 2.78 bits per heavy atom. The fraction of sp³-hybridized carbons (Fsp3) is 0. The number of rotatable bonds is 4. The summed E-state index contributed by atoms with van der Waals surface area (Å²) in [7, 11) is 0. The van der Waals surface area contributed by atoms with Crippen LogP contribution in [-0.2, 0) is 0 Å². The lowest BCUT2D eigenvalue weighted by Crippen LogP contribution is -1.95. The van der Waals surface area contributed by atoms with Crippen LogP contribution in [0.5, 0.6) is 0 Å². The Morgan fingerprint density at radius 2 is 2.00 bits per heavy atom. The van der Waals surface area contributed by atoms with Gasteiger partial charge in [-0.2, -0.15) is 5.10 Å². The molecule has 1 aromatic heterocycles. The predicted octanol–water partition coefficient (Wildman–Crippen LogP) is 4.38. The molecule has 2 aromatic carbocycles. The van der Waals surface area contributed by atoms with E-state index < -0.39 is 5.82 Å². The molecule has 0 amide bonds. The number of nitrogens with one attached hydrogen (secondary N) is 1. The van der Waals surface area contributed by atoms with E-state index in [4.69, 9.17) is 6.42 Å². The summed E-state index contributed by atoms with van der Waals surface area (Å²) in [5, 5.41) is 6.59. The van der Waals surface area contributed by atoms with Crippen molar-refractivity contribution in [2.75, 3.05) is 5.43 Å². The molecule has 0 aliphatic heterocycles. The van der Waals surface area contributed by atoms with Crippen LogP contribution in [0.4, 0.5) is 9.52 Å². The molecule has 3 aromatic rings. The highest BCUT2D eigenvalue weighted by Crippen LogP contribution is 2.24. The van der Waals surface area contributed by atoms with Crippen LogP contribution < -0.4 is 5.43 Å². The van der Waals surface area contributed by atoms with Crippen molar-refractivity contribution < 1.29 is 4.39 Å². The van der Waals surface area contributed by atoms with Gasteiger partial charge >= 0.3 is 0 Å². The zero-order chi connectivity index (χ0) is 16.1. The summed E-state index contributed by atoms with van der Waals surface area (Å²) < 4.78 is 13.9. The first-order valence-corrected chi connectivity index (χ1v) is 7.71. The molecule has 0 saturated heterocycles. The fourth-order valence-corrected chi connectivity index (χ4v) is 2.65. The summed E-state index contributed by atoms with van der Waals surface area (Å²) in [6.07, 6.45) is 6.63. The number of aromatic nitrogens is 1. The minimum atomic E-state index is -0.454. The van der Waals surface area contributed by atoms with Crippen molar-refractivity contribution in [1.82, 2.24) is 4.98 Å². The second kappa shape index (κ2) is 6.86. The quantitative estimate of drug-likeness (QED) is 0.440. The van der Waals surface area contributed by atoms with Crippen molar-refractivity contribution in [3.8, 4) is 23.6 Å². The van der Waals surface area contributed by atoms with Crippen LogP contribution in [-0.4, -0.2) is 11.2 Å². The minimum absolute atomic E-state index is 0.217. The van der Waals surface area contributed by atoms with Gasteiger partial charge in [0.2, 0.25) is 5.13 Å². The van der Waals surface area contributed by atoms with E-state index in [1.54, 1.807) is 18.2 Å². The number of thiazole rings is 1. The lowest BCUT2D eigenvalue weighted by molar-refractivity contribution is 0.622. The van der Waals surface area contributed by atoms with Crippen LogP contribution in [0.3, 0.4) is 0 Å². The van der Waals surface area contributed by atoms with E-state index in [-0.39, 0.29) is 5.56 Å². The highest BCUT2D eigenvalue weighted by Gasteiger charge is 2.05. The monoisotopic (exact) mass is 321 g/mol. The van der Waals surface area contributed by atoms with Crippen molar-refractivity contribution in [3.05, 3.63) is 70.9 Å². The third-order valence-corrected chi connectivity index (χ3v) is 3.87. The molecule has 0 bridgehead atoms. The van der Waals surface area contributed by atoms with Crippen LogP contribution in [0.15, 0.2) is 59.0 Å². The number of hydrogen-bond acceptors (Lipinski definition) is 4. The molecular weight excluding hydrogens is 309 g/mol. The number of hydrogen-bond donors (Lipinski definition) is 1. The van der Waals surface area contributed by atoms with Crippen molar-refractivity contribution >= 4 is 22.7 Å². The first kappa shape index (κ1) is 14.9. The third-order valence-electron chi connectivity index (χ3n) is 3.12. The second-order valence-electron chi connectivity index (χ2n) is 4.63. The van der Waals surface area contributed by atoms with Crippen molar-refractivity contribution in [3.63, 3.8) is 0 Å². The summed E-state index contributed by atoms with van der Waals surface area (Å²) in [4.78, 5) is 4.44. The number of nitrogens with zero attached hydrogens (tertiary/aromatic N) is 2. The number of hydrazone groups is 1. The molecule has 0 radical (unpaired) electrons. The fourth-order valence-electron chi connectivity index (χ4n) is 1.98. The van der Waals surface area contributed by atoms with E-state index in [0.717, 1.165) is 11.3 Å². The minimum Gasteiger partial charge on any atom is -0.253 e. The zero-order valence-corrected chi connectivity index (χ0v) is 12.8. The van der Waals surface area contributed by atoms with Crippen LogP contribution in [0.2, 0.25) is 0 Å². The molecule has 5 heteroatoms. The maximum absolute atomic E-state index is 13.9. The van der Waals surface area contributed by atoms with E-state index >= 15 is 0 Å². The van der Waals surface area contributed by atoms with E-state index in [1.807, 2.05) is 35.7 Å². The molecule has 0 saturated carbocycles. The second-order valence-corrected chi connectivity index (χ2v) is 5.49. The maximum atomic E-state index is 13.9. The molecule has 0 aliphatic carbocycles. The normalized spacial score (nSPS) is 10.6. The molecule has 0 spiro atoms. The Bertz CT molecular complexity index is 879. The topological polar surface area (TPSA) is 37.3 Å². The Balaban J connectivity index is 1.72. The van der Waals surface area contributed by atoms with Crippen LogP contribution in [0.25, 0.3) is 11.3 Å². The third kappa shape index (κ3) is 3.44. The van der Waals surface area contributed by atoms with E-state index in [2.05, 4.69) is 21.4 Å². The average Bonchev–Trinajstić information content (AvgIpc) is 3.06. The molecule has 0 atom stereocenters. The Hall–Kier alpha value is -2.97. The average molecular weight is 321 g/mol. The summed E-state index contributed by atoms with van der Waals surface area (Å²) in [6, 6.07) is 14.7. The zero-order valence-electron chi connectivity index (χ0n) is 12.0. The highest BCUT2D eigenvalue weighted by atomic mass is 32.1. The summed E-state index contributed by atoms with van der Waals surface area (Å²) in [6.45, 7) is 0. The van der Waals surface area contributed by atoms with E-state index in [1.165, 1.54) is 17.6 Å². The van der Waals surface area contributed by atoms with Crippen LogP contribution in [0.1, 0.15) is 11.1 Å². The van der Waals surface area contributed by atoms with Gasteiger partial charge in [-0.25, -0.2) is 9.37 Å². The van der Waals surface area contributed by atoms with Crippen LogP contribution in [0, 0.1) is 18.2 Å². The Morgan fingerprint density at radius 1 is 1.17 bits per heavy atom. The Kier molecular flexibility index (Phi) is 4.46. The molecule has 1 N–H and O–H groups in total. The lowest BCUT2D eigenvalue weighted by atomic mass is 10.1. The van der Waals surface area contributed by atoms with Crippen molar-refractivity contribution in [2.24, 2.45) is 5.10 Å². The van der Waals surface area contributed by atoms with Gasteiger partial charge in [-0.15, -0.1) is 17.8 Å². The summed E-state index contributed by atoms with van der Waals surface area (Å²) in [5.74, 6) is 1.84. The smallest absolute Gasteiger partial charge is 0.203 e. The van der Waals surface area contributed by atoms with Gasteiger partial charge in [0.25, 0.3) is 0 Å². The van der Waals surface area contributed by atoms with Gasteiger partial charge in [0.1, 0.15) is 5.82 Å². The lowest BCUT2D eigenvalue weighted by Gasteiger charge is -1.99. The van der Waals surface area contributed by atoms with Crippen molar-refractivity contribution in [2.45, 2.75) is 0 Å². The first-order chi connectivity index (χ1) is 11.3. The molecule has 0 unspecified atom stereocenters. The van der Waals surface area contributed by atoms with E-state index in [0.29, 0.717) is 10.7 Å². The van der Waals surface area contributed by atoms with Gasteiger partial charge in [0.05, 0.1) is 17.5 Å². The summed E-state index contributed by atoms with van der Waals surface area (Å²) >= 11 is 1.43. The molecule has 1 heterocycles. The summed E-state index contributed by atoms with van der Waals surface area (Å²) in [5.41, 5.74) is 5.26. The molecule has 0 fully saturated rings. The standard InChI is InChI=1S/C18H12FN3S/c1-2-13-9-6-10-15(17(13)19)11-20-22-18-21-16(12-23-18)14-7-4-3-5-8-14/h1,3-12H,(H,21,22). The molecule has 112 valence electrons. The number of terminal acetylenes is 1. The Labute approximate surface area is 137 Å². The highest BCUT2D eigenvalue weighted by molar-refractivity contribution is 7.14. The van der Waals surface area contributed by atoms with Gasteiger partial charge in [-0.05, 0) is 6.07 Å². The van der Waals surface area contributed by atoms with Crippen LogP contribution >= 0.6 is 11.3 Å². The SMILES string of the molecule is C#Cc1cccc(C=NNc2nc(-c3ccccc3)cs2)c1F. The number of anilines is 1. The van der Waals surface area contributed by atoms with Gasteiger partial charge in [-0.3, -0.25) is 5.43 Å². The number of benzene rings is 2. The number of halogens is 1. The van der Waals surface area contributed by atoms with Crippen molar-refractivity contribution in [1.29, 1.82) is 0 Å². The molecule has 0 aliphatic rings. The largest absolute Gasteiger partial charge is 0.253 e. The van der Waals surface area contributed by atoms with Gasteiger partial charge < -0.3 is 0 Å². The molecule has 3 rings (SSSR count). The maximum Gasteiger partial charge on any atom is 0.203 e. The predicted molar refractivity (Wildman–Crippen MR) is 93.1 cm³/mol. The molecular formula is C18H12FN3S. The first-order valence-electron chi connectivity index (χ1n) is 6.83. The van der Waals surface area contributed by atoms with Gasteiger partial charge in [0, 0.05) is 16.5 Å². The van der Waals surface area contributed by atoms with E-state index in [9.17, 15) is 4.39 Å². The molecule has 23 heavy (non-hydrogen) atoms. The van der Waals surface area contributed by atoms with Gasteiger partial charge in [0.15, 0.2) is 0 Å². The van der Waals surface area contributed by atoms with Gasteiger partial charge in [-0.1, -0.05) is 48.4 Å². The molecule has 3 nitrogen and oxygen atoms in total.